The van der Waals surface area contributed by atoms with Crippen molar-refractivity contribution in [1.29, 1.82) is 0 Å². The maximum Gasteiger partial charge on any atom is 0.148 e. The number of aromatic amines is 1. The van der Waals surface area contributed by atoms with Gasteiger partial charge in [0.15, 0.2) is 0 Å². The predicted octanol–water partition coefficient (Wildman–Crippen LogP) is 1.25. The molecule has 0 amide bonds. The van der Waals surface area contributed by atoms with Crippen LogP contribution in [0.5, 0.6) is 0 Å². The predicted molar refractivity (Wildman–Crippen MR) is 66.7 cm³/mol. The van der Waals surface area contributed by atoms with Crippen molar-refractivity contribution < 1.29 is 0 Å². The fourth-order valence-corrected chi connectivity index (χ4v) is 2.03. The molecule has 0 bridgehead atoms. The molecule has 3 heterocycles. The number of aromatic nitrogens is 3. The zero-order valence-corrected chi connectivity index (χ0v) is 9.48. The molecule has 0 saturated carbocycles. The average molecular weight is 229 g/mol. The third kappa shape index (κ3) is 2.29. The number of anilines is 1. The Morgan fingerprint density at radius 3 is 2.88 bits per heavy atom. The molecule has 0 spiro atoms. The monoisotopic (exact) mass is 229 g/mol. The molecule has 88 valence electrons. The molecule has 1 atom stereocenters. The number of H-pyrrole nitrogens is 1. The third-order valence-electron chi connectivity index (χ3n) is 2.97. The Bertz CT molecular complexity index is 456. The molecule has 1 saturated heterocycles. The molecule has 5 heteroatoms. The summed E-state index contributed by atoms with van der Waals surface area (Å²) in [5.74, 6) is 0.845. The summed E-state index contributed by atoms with van der Waals surface area (Å²) in [6.07, 6.45) is 4.94. The number of rotatable bonds is 3. The molecule has 2 aromatic heterocycles. The maximum atomic E-state index is 4.21. The molecule has 0 radical (unpaired) electrons. The second-order valence-electron chi connectivity index (χ2n) is 4.24. The molecule has 0 aromatic carbocycles. The molecule has 1 aliphatic heterocycles. The van der Waals surface area contributed by atoms with Crippen LogP contribution in [0.4, 0.5) is 5.82 Å². The zero-order valence-electron chi connectivity index (χ0n) is 9.48. The normalized spacial score (nSPS) is 19.4. The fraction of sp³-hybridized carbons (Fsp3) is 0.333. The van der Waals surface area contributed by atoms with E-state index in [-0.39, 0.29) is 0 Å². The molecular formula is C12H15N5. The van der Waals surface area contributed by atoms with Crippen molar-refractivity contribution in [2.24, 2.45) is 0 Å². The van der Waals surface area contributed by atoms with E-state index in [0.717, 1.165) is 36.6 Å². The highest BCUT2D eigenvalue weighted by Gasteiger charge is 2.14. The van der Waals surface area contributed by atoms with Crippen molar-refractivity contribution in [2.45, 2.75) is 12.5 Å². The van der Waals surface area contributed by atoms with E-state index in [1.165, 1.54) is 0 Å². The minimum absolute atomic E-state index is 0.474. The lowest BCUT2D eigenvalue weighted by Crippen LogP contribution is -2.22. The van der Waals surface area contributed by atoms with E-state index in [0.29, 0.717) is 6.04 Å². The van der Waals surface area contributed by atoms with Crippen LogP contribution in [-0.2, 0) is 0 Å². The quantitative estimate of drug-likeness (QED) is 0.741. The highest BCUT2D eigenvalue weighted by molar-refractivity contribution is 5.58. The molecule has 2 aromatic rings. The SMILES string of the molecule is c1cc(-c2ccc(NC3CCNC3)nn2)c[nH]1. The van der Waals surface area contributed by atoms with Crippen LogP contribution in [-0.4, -0.2) is 34.3 Å². The maximum absolute atomic E-state index is 4.21. The van der Waals surface area contributed by atoms with E-state index in [4.69, 9.17) is 0 Å². The lowest BCUT2D eigenvalue weighted by atomic mass is 10.2. The number of hydrogen-bond acceptors (Lipinski definition) is 4. The summed E-state index contributed by atoms with van der Waals surface area (Å²) in [6.45, 7) is 2.08. The Kier molecular flexibility index (Phi) is 2.75. The minimum Gasteiger partial charge on any atom is -0.367 e. The summed E-state index contributed by atoms with van der Waals surface area (Å²) < 4.78 is 0. The first kappa shape index (κ1) is 10.3. The summed E-state index contributed by atoms with van der Waals surface area (Å²) in [4.78, 5) is 3.01. The van der Waals surface area contributed by atoms with Gasteiger partial charge < -0.3 is 15.6 Å². The van der Waals surface area contributed by atoms with Gasteiger partial charge in [0, 0.05) is 30.5 Å². The zero-order chi connectivity index (χ0) is 11.5. The van der Waals surface area contributed by atoms with E-state index in [2.05, 4.69) is 25.8 Å². The van der Waals surface area contributed by atoms with Crippen LogP contribution >= 0.6 is 0 Å². The average Bonchev–Trinajstić information content (AvgIpc) is 3.01. The van der Waals surface area contributed by atoms with Gasteiger partial charge >= 0.3 is 0 Å². The molecule has 1 fully saturated rings. The highest BCUT2D eigenvalue weighted by Crippen LogP contribution is 2.16. The van der Waals surface area contributed by atoms with Gasteiger partial charge in [-0.25, -0.2) is 0 Å². The highest BCUT2D eigenvalue weighted by atomic mass is 15.2. The van der Waals surface area contributed by atoms with Crippen LogP contribution in [0.15, 0.2) is 30.6 Å². The van der Waals surface area contributed by atoms with Crippen molar-refractivity contribution in [2.75, 3.05) is 18.4 Å². The molecule has 5 nitrogen and oxygen atoms in total. The summed E-state index contributed by atoms with van der Waals surface area (Å²) in [6, 6.07) is 6.43. The molecule has 17 heavy (non-hydrogen) atoms. The van der Waals surface area contributed by atoms with Crippen molar-refractivity contribution in [3.05, 3.63) is 30.6 Å². The Morgan fingerprint density at radius 1 is 1.24 bits per heavy atom. The van der Waals surface area contributed by atoms with Crippen molar-refractivity contribution >= 4 is 5.82 Å². The van der Waals surface area contributed by atoms with Gasteiger partial charge in [-0.15, -0.1) is 10.2 Å². The smallest absolute Gasteiger partial charge is 0.148 e. The second-order valence-corrected chi connectivity index (χ2v) is 4.24. The lowest BCUT2D eigenvalue weighted by molar-refractivity contribution is 0.783. The van der Waals surface area contributed by atoms with E-state index < -0.39 is 0 Å². The third-order valence-corrected chi connectivity index (χ3v) is 2.97. The van der Waals surface area contributed by atoms with Crippen molar-refractivity contribution in [1.82, 2.24) is 20.5 Å². The van der Waals surface area contributed by atoms with Crippen LogP contribution in [0.1, 0.15) is 6.42 Å². The largest absolute Gasteiger partial charge is 0.367 e. The topological polar surface area (TPSA) is 65.6 Å². The molecular weight excluding hydrogens is 214 g/mol. The summed E-state index contributed by atoms with van der Waals surface area (Å²) in [5.41, 5.74) is 1.95. The van der Waals surface area contributed by atoms with Crippen LogP contribution < -0.4 is 10.6 Å². The second kappa shape index (κ2) is 4.55. The van der Waals surface area contributed by atoms with Gasteiger partial charge in [0.25, 0.3) is 0 Å². The first-order valence-corrected chi connectivity index (χ1v) is 5.86. The van der Waals surface area contributed by atoms with Gasteiger partial charge in [0.1, 0.15) is 5.82 Å². The Morgan fingerprint density at radius 2 is 2.24 bits per heavy atom. The van der Waals surface area contributed by atoms with Gasteiger partial charge in [-0.2, -0.15) is 0 Å². The first-order valence-electron chi connectivity index (χ1n) is 5.86. The lowest BCUT2D eigenvalue weighted by Gasteiger charge is -2.11. The van der Waals surface area contributed by atoms with Gasteiger partial charge in [-0.05, 0) is 31.2 Å². The Balaban J connectivity index is 1.71. The van der Waals surface area contributed by atoms with Gasteiger partial charge in [0.2, 0.25) is 0 Å². The molecule has 3 rings (SSSR count). The fourth-order valence-electron chi connectivity index (χ4n) is 2.03. The van der Waals surface area contributed by atoms with Crippen molar-refractivity contribution in [3.8, 4) is 11.3 Å². The number of nitrogens with one attached hydrogen (secondary N) is 3. The van der Waals surface area contributed by atoms with E-state index in [9.17, 15) is 0 Å². The standard InChI is InChI=1S/C12H15N5/c1-2-12(15-10-4-6-14-8-10)17-16-11(1)9-3-5-13-7-9/h1-3,5,7,10,13-14H,4,6,8H2,(H,15,17). The molecule has 3 N–H and O–H groups in total. The molecule has 0 aliphatic carbocycles. The molecule has 1 unspecified atom stereocenters. The summed E-state index contributed by atoms with van der Waals surface area (Å²) in [7, 11) is 0. The van der Waals surface area contributed by atoms with Gasteiger partial charge in [0.05, 0.1) is 5.69 Å². The summed E-state index contributed by atoms with van der Waals surface area (Å²) >= 11 is 0. The van der Waals surface area contributed by atoms with Crippen LogP contribution in [0.2, 0.25) is 0 Å². The van der Waals surface area contributed by atoms with Gasteiger partial charge in [-0.3, -0.25) is 0 Å². The Labute approximate surface area is 99.7 Å². The van der Waals surface area contributed by atoms with Gasteiger partial charge in [-0.1, -0.05) is 0 Å². The van der Waals surface area contributed by atoms with E-state index in [1.54, 1.807) is 0 Å². The van der Waals surface area contributed by atoms with Crippen LogP contribution in [0.25, 0.3) is 11.3 Å². The number of nitrogens with zero attached hydrogens (tertiary/aromatic N) is 2. The van der Waals surface area contributed by atoms with E-state index >= 15 is 0 Å². The minimum atomic E-state index is 0.474. The van der Waals surface area contributed by atoms with E-state index in [1.807, 2.05) is 30.6 Å². The number of hydrogen-bond donors (Lipinski definition) is 3. The van der Waals surface area contributed by atoms with Crippen molar-refractivity contribution in [3.63, 3.8) is 0 Å². The van der Waals surface area contributed by atoms with Crippen LogP contribution in [0, 0.1) is 0 Å². The first-order chi connectivity index (χ1) is 8.42. The van der Waals surface area contributed by atoms with Crippen LogP contribution in [0.3, 0.4) is 0 Å². The molecule has 1 aliphatic rings. The Hall–Kier alpha value is -1.88. The summed E-state index contributed by atoms with van der Waals surface area (Å²) in [5, 5.41) is 15.1.